The van der Waals surface area contributed by atoms with Gasteiger partial charge in [-0.25, -0.2) is 0 Å². The van der Waals surface area contributed by atoms with E-state index in [1.807, 2.05) is 0 Å². The van der Waals surface area contributed by atoms with Crippen LogP contribution in [0.3, 0.4) is 0 Å². The van der Waals surface area contributed by atoms with E-state index in [0.29, 0.717) is 15.7 Å². The molecular formula is C18H27Br. The lowest BCUT2D eigenvalue weighted by Crippen LogP contribution is -1.99. The standard InChI is InChI=1S/C18H27Br/c1-6-7-8-13-9-11-14(12-10-13)15(19)16-17(2,3)18(16,4)5/h9-12,15-16H,6-8H2,1-5H3. The van der Waals surface area contributed by atoms with Crippen LogP contribution in [0.15, 0.2) is 24.3 Å². The Bertz CT molecular complexity index is 414. The van der Waals surface area contributed by atoms with Crippen LogP contribution in [-0.2, 0) is 6.42 Å². The summed E-state index contributed by atoms with van der Waals surface area (Å²) in [6.07, 6.45) is 3.77. The highest BCUT2D eigenvalue weighted by atomic mass is 79.9. The monoisotopic (exact) mass is 322 g/mol. The Balaban J connectivity index is 2.07. The molecule has 1 aliphatic rings. The van der Waals surface area contributed by atoms with Gasteiger partial charge >= 0.3 is 0 Å². The van der Waals surface area contributed by atoms with Crippen molar-refractivity contribution in [3.63, 3.8) is 0 Å². The highest BCUT2D eigenvalue weighted by Crippen LogP contribution is 2.73. The highest BCUT2D eigenvalue weighted by Gasteiger charge is 2.66. The molecular weight excluding hydrogens is 296 g/mol. The second kappa shape index (κ2) is 5.24. The quantitative estimate of drug-likeness (QED) is 0.570. The summed E-state index contributed by atoms with van der Waals surface area (Å²) in [6, 6.07) is 9.24. The van der Waals surface area contributed by atoms with Crippen LogP contribution in [0.25, 0.3) is 0 Å². The third kappa shape index (κ3) is 2.63. The summed E-state index contributed by atoms with van der Waals surface area (Å²) in [7, 11) is 0. The van der Waals surface area contributed by atoms with Crippen molar-refractivity contribution in [1.29, 1.82) is 0 Å². The fourth-order valence-electron chi connectivity index (χ4n) is 3.42. The molecule has 0 N–H and O–H groups in total. The van der Waals surface area contributed by atoms with Gasteiger partial charge in [0.05, 0.1) is 0 Å². The summed E-state index contributed by atoms with van der Waals surface area (Å²) < 4.78 is 0. The van der Waals surface area contributed by atoms with Gasteiger partial charge in [0, 0.05) is 4.83 Å². The average molecular weight is 323 g/mol. The van der Waals surface area contributed by atoms with Crippen LogP contribution in [-0.4, -0.2) is 0 Å². The van der Waals surface area contributed by atoms with Crippen molar-refractivity contribution in [2.24, 2.45) is 16.7 Å². The van der Waals surface area contributed by atoms with Gasteiger partial charge in [0.1, 0.15) is 0 Å². The van der Waals surface area contributed by atoms with E-state index in [1.54, 1.807) is 0 Å². The lowest BCUT2D eigenvalue weighted by molar-refractivity contribution is 0.457. The number of hydrogen-bond acceptors (Lipinski definition) is 0. The number of unbranched alkanes of at least 4 members (excludes halogenated alkanes) is 1. The fraction of sp³-hybridized carbons (Fsp3) is 0.667. The molecule has 1 aliphatic carbocycles. The molecule has 0 amide bonds. The molecule has 0 radical (unpaired) electrons. The van der Waals surface area contributed by atoms with Crippen LogP contribution in [0, 0.1) is 16.7 Å². The molecule has 0 saturated heterocycles. The van der Waals surface area contributed by atoms with Crippen LogP contribution in [0.5, 0.6) is 0 Å². The Labute approximate surface area is 127 Å². The Kier molecular flexibility index (Phi) is 4.16. The predicted octanol–water partition coefficient (Wildman–Crippen LogP) is 6.15. The van der Waals surface area contributed by atoms with E-state index in [2.05, 4.69) is 74.8 Å². The molecule has 1 saturated carbocycles. The molecule has 0 heterocycles. The number of rotatable bonds is 5. The van der Waals surface area contributed by atoms with Crippen molar-refractivity contribution in [2.45, 2.75) is 58.7 Å². The molecule has 0 bridgehead atoms. The molecule has 1 aromatic carbocycles. The minimum Gasteiger partial charge on any atom is -0.0835 e. The number of alkyl halides is 1. The maximum absolute atomic E-state index is 3.94. The molecule has 1 fully saturated rings. The van der Waals surface area contributed by atoms with Gasteiger partial charge in [-0.05, 0) is 40.7 Å². The van der Waals surface area contributed by atoms with E-state index in [1.165, 1.54) is 30.4 Å². The summed E-state index contributed by atoms with van der Waals surface area (Å²) in [5.74, 6) is 0.724. The summed E-state index contributed by atoms with van der Waals surface area (Å²) in [5, 5.41) is 0. The topological polar surface area (TPSA) is 0 Å². The van der Waals surface area contributed by atoms with Gasteiger partial charge in [-0.1, -0.05) is 81.2 Å². The third-order valence-corrected chi connectivity index (χ3v) is 6.60. The van der Waals surface area contributed by atoms with E-state index < -0.39 is 0 Å². The first-order valence-corrected chi connectivity index (χ1v) is 8.47. The zero-order valence-corrected chi connectivity index (χ0v) is 14.5. The van der Waals surface area contributed by atoms with Crippen molar-refractivity contribution >= 4 is 15.9 Å². The number of aryl methyl sites for hydroxylation is 1. The first kappa shape index (κ1) is 15.1. The van der Waals surface area contributed by atoms with E-state index in [0.717, 1.165) is 5.92 Å². The number of benzene rings is 1. The summed E-state index contributed by atoms with van der Waals surface area (Å²) in [6.45, 7) is 11.8. The van der Waals surface area contributed by atoms with Gasteiger partial charge in [-0.3, -0.25) is 0 Å². The number of hydrogen-bond donors (Lipinski definition) is 0. The molecule has 1 heteroatoms. The van der Waals surface area contributed by atoms with E-state index in [-0.39, 0.29) is 0 Å². The van der Waals surface area contributed by atoms with Gasteiger partial charge in [0.25, 0.3) is 0 Å². The van der Waals surface area contributed by atoms with Crippen LogP contribution in [0.1, 0.15) is 63.4 Å². The molecule has 0 nitrogen and oxygen atoms in total. The normalized spacial score (nSPS) is 22.2. The first-order chi connectivity index (χ1) is 8.82. The fourth-order valence-corrected chi connectivity index (χ4v) is 5.05. The summed E-state index contributed by atoms with van der Waals surface area (Å²) in [5.41, 5.74) is 3.77. The Morgan fingerprint density at radius 2 is 1.58 bits per heavy atom. The van der Waals surface area contributed by atoms with Gasteiger partial charge in [0.2, 0.25) is 0 Å². The van der Waals surface area contributed by atoms with Gasteiger partial charge in [-0.2, -0.15) is 0 Å². The van der Waals surface area contributed by atoms with E-state index >= 15 is 0 Å². The minimum atomic E-state index is 0.433. The molecule has 106 valence electrons. The van der Waals surface area contributed by atoms with E-state index in [4.69, 9.17) is 0 Å². The Hall–Kier alpha value is -0.300. The van der Waals surface area contributed by atoms with Crippen molar-refractivity contribution in [1.82, 2.24) is 0 Å². The zero-order valence-electron chi connectivity index (χ0n) is 13.0. The average Bonchev–Trinajstić information content (AvgIpc) is 2.77. The SMILES string of the molecule is CCCCc1ccc(C(Br)C2C(C)(C)C2(C)C)cc1. The van der Waals surface area contributed by atoms with Crippen LogP contribution >= 0.6 is 15.9 Å². The van der Waals surface area contributed by atoms with E-state index in [9.17, 15) is 0 Å². The molecule has 0 spiro atoms. The zero-order chi connectivity index (χ0) is 14.3. The summed E-state index contributed by atoms with van der Waals surface area (Å²) >= 11 is 3.94. The highest BCUT2D eigenvalue weighted by molar-refractivity contribution is 9.09. The molecule has 2 rings (SSSR count). The number of halogens is 1. The smallest absolute Gasteiger partial charge is 0.0434 e. The third-order valence-electron chi connectivity index (χ3n) is 5.54. The molecule has 0 aromatic heterocycles. The maximum atomic E-state index is 3.94. The lowest BCUT2D eigenvalue weighted by Gasteiger charge is -2.13. The van der Waals surface area contributed by atoms with Crippen molar-refractivity contribution in [3.8, 4) is 0 Å². The van der Waals surface area contributed by atoms with Crippen molar-refractivity contribution in [2.75, 3.05) is 0 Å². The minimum absolute atomic E-state index is 0.433. The molecule has 1 atom stereocenters. The Morgan fingerprint density at radius 1 is 1.05 bits per heavy atom. The molecule has 0 aliphatic heterocycles. The largest absolute Gasteiger partial charge is 0.0835 e. The maximum Gasteiger partial charge on any atom is 0.0434 e. The van der Waals surface area contributed by atoms with Gasteiger partial charge in [-0.15, -0.1) is 0 Å². The molecule has 19 heavy (non-hydrogen) atoms. The lowest BCUT2D eigenvalue weighted by atomic mass is 10.00. The van der Waals surface area contributed by atoms with Crippen molar-refractivity contribution < 1.29 is 0 Å². The summed E-state index contributed by atoms with van der Waals surface area (Å²) in [4.78, 5) is 0.484. The van der Waals surface area contributed by atoms with Gasteiger partial charge < -0.3 is 0 Å². The predicted molar refractivity (Wildman–Crippen MR) is 87.8 cm³/mol. The molecule has 1 aromatic rings. The second-order valence-electron chi connectivity index (χ2n) is 7.17. The Morgan fingerprint density at radius 3 is 2.00 bits per heavy atom. The second-order valence-corrected chi connectivity index (χ2v) is 8.15. The first-order valence-electron chi connectivity index (χ1n) is 7.55. The molecule has 1 unspecified atom stereocenters. The van der Waals surface area contributed by atoms with Crippen LogP contribution in [0.2, 0.25) is 0 Å². The van der Waals surface area contributed by atoms with Crippen LogP contribution < -0.4 is 0 Å². The van der Waals surface area contributed by atoms with Crippen molar-refractivity contribution in [3.05, 3.63) is 35.4 Å². The van der Waals surface area contributed by atoms with Crippen LogP contribution in [0.4, 0.5) is 0 Å². The van der Waals surface area contributed by atoms with Gasteiger partial charge in [0.15, 0.2) is 0 Å².